The molecule has 2 saturated heterocycles. The lowest BCUT2D eigenvalue weighted by Crippen LogP contribution is -2.61. The molecule has 1 unspecified atom stereocenters. The standard InChI is InChI=1S/C23H35N3O2/c1-19-5-2-8-21(15-19)16-24-11-13-25(14-12-24)18-23(28)9-4-10-26(22(23)27)17-20-6-3-7-20/h2,5,8,15,20,28H,3-4,6-7,9-14,16-18H2,1H3. The van der Waals surface area contributed by atoms with Crippen LogP contribution in [0.3, 0.4) is 0 Å². The molecule has 1 aromatic carbocycles. The SMILES string of the molecule is Cc1cccc(CN2CCN(CC3(O)CCCN(CC4CCC4)C3=O)CC2)c1. The molecule has 1 aromatic rings. The maximum absolute atomic E-state index is 13.0. The maximum atomic E-state index is 13.0. The van der Waals surface area contributed by atoms with Crippen LogP contribution in [0.25, 0.3) is 0 Å². The van der Waals surface area contributed by atoms with Crippen molar-refractivity contribution in [3.63, 3.8) is 0 Å². The molecule has 1 saturated carbocycles. The van der Waals surface area contributed by atoms with Gasteiger partial charge in [-0.3, -0.25) is 14.6 Å². The third-order valence-electron chi connectivity index (χ3n) is 6.85. The largest absolute Gasteiger partial charge is 0.379 e. The number of hydrogen-bond acceptors (Lipinski definition) is 4. The molecular weight excluding hydrogens is 350 g/mol. The maximum Gasteiger partial charge on any atom is 0.255 e. The Morgan fingerprint density at radius 2 is 1.82 bits per heavy atom. The highest BCUT2D eigenvalue weighted by atomic mass is 16.3. The van der Waals surface area contributed by atoms with Gasteiger partial charge < -0.3 is 10.0 Å². The Morgan fingerprint density at radius 1 is 1.07 bits per heavy atom. The molecule has 0 aromatic heterocycles. The summed E-state index contributed by atoms with van der Waals surface area (Å²) in [5.74, 6) is 0.643. The molecule has 3 aliphatic rings. The zero-order chi connectivity index (χ0) is 19.6. The molecule has 2 heterocycles. The number of amides is 1. The van der Waals surface area contributed by atoms with Crippen molar-refractivity contribution in [1.82, 2.24) is 14.7 Å². The van der Waals surface area contributed by atoms with Gasteiger partial charge in [-0.1, -0.05) is 36.2 Å². The molecule has 5 heteroatoms. The van der Waals surface area contributed by atoms with E-state index in [1.165, 1.54) is 30.4 Å². The summed E-state index contributed by atoms with van der Waals surface area (Å²) in [5, 5.41) is 11.2. The summed E-state index contributed by atoms with van der Waals surface area (Å²) in [4.78, 5) is 19.7. The van der Waals surface area contributed by atoms with Gasteiger partial charge >= 0.3 is 0 Å². The lowest BCUT2D eigenvalue weighted by atomic mass is 9.83. The van der Waals surface area contributed by atoms with Crippen LogP contribution >= 0.6 is 0 Å². The summed E-state index contributed by atoms with van der Waals surface area (Å²) in [5.41, 5.74) is 1.49. The number of aliphatic hydroxyl groups is 1. The van der Waals surface area contributed by atoms with Gasteiger partial charge in [0.2, 0.25) is 0 Å². The number of hydrogen-bond donors (Lipinski definition) is 1. The quantitative estimate of drug-likeness (QED) is 0.816. The lowest BCUT2D eigenvalue weighted by molar-refractivity contribution is -0.161. The molecular formula is C23H35N3O2. The first kappa shape index (κ1) is 19.9. The number of carbonyl (C=O) groups excluding carboxylic acids is 1. The molecule has 28 heavy (non-hydrogen) atoms. The minimum Gasteiger partial charge on any atom is -0.379 e. The smallest absolute Gasteiger partial charge is 0.255 e. The van der Waals surface area contributed by atoms with Crippen LogP contribution in [0, 0.1) is 12.8 Å². The number of β-amino-alcohol motifs (C(OH)–C–C–N with tert-alkyl or cyclic N) is 1. The number of carbonyl (C=O) groups is 1. The molecule has 1 N–H and O–H groups in total. The van der Waals surface area contributed by atoms with Crippen molar-refractivity contribution in [2.45, 2.75) is 51.2 Å². The summed E-state index contributed by atoms with van der Waals surface area (Å²) in [6.07, 6.45) is 5.30. The van der Waals surface area contributed by atoms with Crippen molar-refractivity contribution in [1.29, 1.82) is 0 Å². The van der Waals surface area contributed by atoms with E-state index in [2.05, 4.69) is 41.0 Å². The number of piperidine rings is 1. The van der Waals surface area contributed by atoms with Crippen molar-refractivity contribution >= 4 is 5.91 Å². The fraction of sp³-hybridized carbons (Fsp3) is 0.696. The Morgan fingerprint density at radius 3 is 2.50 bits per heavy atom. The number of rotatable bonds is 6. The van der Waals surface area contributed by atoms with E-state index in [-0.39, 0.29) is 5.91 Å². The number of aryl methyl sites for hydroxylation is 1. The molecule has 0 radical (unpaired) electrons. The van der Waals surface area contributed by atoms with Crippen LogP contribution in [0.15, 0.2) is 24.3 Å². The molecule has 0 spiro atoms. The third kappa shape index (κ3) is 4.58. The summed E-state index contributed by atoms with van der Waals surface area (Å²) in [6, 6.07) is 8.71. The Labute approximate surface area is 169 Å². The second-order valence-corrected chi connectivity index (χ2v) is 9.22. The molecule has 2 aliphatic heterocycles. The van der Waals surface area contributed by atoms with Crippen LogP contribution in [-0.2, 0) is 11.3 Å². The Hall–Kier alpha value is -1.43. The second-order valence-electron chi connectivity index (χ2n) is 9.22. The van der Waals surface area contributed by atoms with Gasteiger partial charge in [0.1, 0.15) is 0 Å². The van der Waals surface area contributed by atoms with Crippen LogP contribution in [-0.4, -0.2) is 77.1 Å². The molecule has 1 atom stereocenters. The van der Waals surface area contributed by atoms with E-state index in [0.717, 1.165) is 52.2 Å². The Kier molecular flexibility index (Phi) is 6.04. The Balaban J connectivity index is 1.28. The topological polar surface area (TPSA) is 47.0 Å². The van der Waals surface area contributed by atoms with Crippen LogP contribution in [0.4, 0.5) is 0 Å². The van der Waals surface area contributed by atoms with E-state index < -0.39 is 5.60 Å². The van der Waals surface area contributed by atoms with Gasteiger partial charge in [0.05, 0.1) is 0 Å². The molecule has 1 aliphatic carbocycles. The van der Waals surface area contributed by atoms with E-state index in [1.807, 2.05) is 4.90 Å². The van der Waals surface area contributed by atoms with Gasteiger partial charge in [0, 0.05) is 52.4 Å². The molecule has 154 valence electrons. The van der Waals surface area contributed by atoms with Gasteiger partial charge in [0.15, 0.2) is 5.60 Å². The molecule has 1 amide bonds. The summed E-state index contributed by atoms with van der Waals surface area (Å²) < 4.78 is 0. The number of benzene rings is 1. The lowest BCUT2D eigenvalue weighted by Gasteiger charge is -2.44. The predicted octanol–water partition coefficient (Wildman–Crippen LogP) is 2.27. The van der Waals surface area contributed by atoms with Crippen LogP contribution in [0.2, 0.25) is 0 Å². The van der Waals surface area contributed by atoms with Crippen molar-refractivity contribution in [3.05, 3.63) is 35.4 Å². The Bertz CT molecular complexity index is 682. The van der Waals surface area contributed by atoms with E-state index in [1.54, 1.807) is 0 Å². The molecule has 3 fully saturated rings. The fourth-order valence-corrected chi connectivity index (χ4v) is 4.92. The van der Waals surface area contributed by atoms with E-state index in [0.29, 0.717) is 18.9 Å². The summed E-state index contributed by atoms with van der Waals surface area (Å²) in [6.45, 7) is 9.10. The zero-order valence-electron chi connectivity index (χ0n) is 17.3. The minimum atomic E-state index is -1.18. The highest BCUT2D eigenvalue weighted by Gasteiger charge is 2.44. The van der Waals surface area contributed by atoms with Gasteiger partial charge in [-0.25, -0.2) is 0 Å². The van der Waals surface area contributed by atoms with Gasteiger partial charge in [-0.05, 0) is 44.1 Å². The monoisotopic (exact) mass is 385 g/mol. The minimum absolute atomic E-state index is 0.0205. The fourth-order valence-electron chi connectivity index (χ4n) is 4.92. The highest BCUT2D eigenvalue weighted by molar-refractivity contribution is 5.86. The molecule has 4 rings (SSSR count). The summed E-state index contributed by atoms with van der Waals surface area (Å²) in [7, 11) is 0. The van der Waals surface area contributed by atoms with Gasteiger partial charge in [-0.15, -0.1) is 0 Å². The molecule has 0 bridgehead atoms. The van der Waals surface area contributed by atoms with Crippen molar-refractivity contribution in [2.75, 3.05) is 45.8 Å². The second kappa shape index (κ2) is 8.52. The highest BCUT2D eigenvalue weighted by Crippen LogP contribution is 2.31. The van der Waals surface area contributed by atoms with E-state index >= 15 is 0 Å². The van der Waals surface area contributed by atoms with Crippen LogP contribution < -0.4 is 0 Å². The predicted molar refractivity (Wildman–Crippen MR) is 111 cm³/mol. The van der Waals surface area contributed by atoms with E-state index in [4.69, 9.17) is 0 Å². The number of nitrogens with zero attached hydrogens (tertiary/aromatic N) is 3. The van der Waals surface area contributed by atoms with Gasteiger partial charge in [0.25, 0.3) is 5.91 Å². The number of piperazine rings is 1. The molecule has 5 nitrogen and oxygen atoms in total. The summed E-state index contributed by atoms with van der Waals surface area (Å²) >= 11 is 0. The van der Waals surface area contributed by atoms with E-state index in [9.17, 15) is 9.90 Å². The van der Waals surface area contributed by atoms with Crippen LogP contribution in [0.1, 0.15) is 43.2 Å². The normalized spacial score (nSPS) is 27.8. The first-order valence-corrected chi connectivity index (χ1v) is 11.0. The van der Waals surface area contributed by atoms with Crippen molar-refractivity contribution in [2.24, 2.45) is 5.92 Å². The first-order valence-electron chi connectivity index (χ1n) is 11.0. The third-order valence-corrected chi connectivity index (χ3v) is 6.85. The van der Waals surface area contributed by atoms with Crippen LogP contribution in [0.5, 0.6) is 0 Å². The first-order chi connectivity index (χ1) is 13.5. The average molecular weight is 386 g/mol. The van der Waals surface area contributed by atoms with Crippen molar-refractivity contribution < 1.29 is 9.90 Å². The zero-order valence-corrected chi connectivity index (χ0v) is 17.3. The average Bonchev–Trinajstić information content (AvgIpc) is 2.63. The number of likely N-dealkylation sites (tertiary alicyclic amines) is 1. The van der Waals surface area contributed by atoms with Gasteiger partial charge in [-0.2, -0.15) is 0 Å². The van der Waals surface area contributed by atoms with Crippen molar-refractivity contribution in [3.8, 4) is 0 Å².